The smallest absolute Gasteiger partial charge is 0.266 e. The minimum absolute atomic E-state index is 0.0997. The SMILES string of the molecule is CC(C)(C)c1ccc(=O)n(CC2CCN(C(=O)c3ccc[nH]c3=O)CC2)n1. The molecule has 1 saturated heterocycles. The normalized spacial score (nSPS) is 15.7. The van der Waals surface area contributed by atoms with Crippen molar-refractivity contribution in [3.8, 4) is 0 Å². The molecule has 27 heavy (non-hydrogen) atoms. The van der Waals surface area contributed by atoms with E-state index in [0.29, 0.717) is 19.6 Å². The molecule has 2 aromatic heterocycles. The molecule has 0 bridgehead atoms. The summed E-state index contributed by atoms with van der Waals surface area (Å²) in [6.45, 7) is 7.91. The van der Waals surface area contributed by atoms with Crippen molar-refractivity contribution in [2.45, 2.75) is 45.6 Å². The molecule has 0 spiro atoms. The lowest BCUT2D eigenvalue weighted by molar-refractivity contribution is 0.0678. The van der Waals surface area contributed by atoms with Crippen LogP contribution in [0.1, 0.15) is 49.7 Å². The van der Waals surface area contributed by atoms with E-state index in [1.54, 1.807) is 33.8 Å². The molecule has 2 aromatic rings. The van der Waals surface area contributed by atoms with Gasteiger partial charge in [-0.05, 0) is 37.0 Å². The first kappa shape index (κ1) is 19.1. The van der Waals surface area contributed by atoms with Gasteiger partial charge in [0, 0.05) is 37.3 Å². The third-order valence-corrected chi connectivity index (χ3v) is 5.02. The Morgan fingerprint density at radius 2 is 1.89 bits per heavy atom. The van der Waals surface area contributed by atoms with Crippen LogP contribution in [0.3, 0.4) is 0 Å². The second-order valence-corrected chi connectivity index (χ2v) is 8.14. The van der Waals surface area contributed by atoms with Crippen LogP contribution in [0.4, 0.5) is 0 Å². The molecule has 0 saturated carbocycles. The van der Waals surface area contributed by atoms with Crippen LogP contribution in [-0.2, 0) is 12.0 Å². The highest BCUT2D eigenvalue weighted by Gasteiger charge is 2.26. The molecule has 0 atom stereocenters. The number of aromatic nitrogens is 3. The molecule has 7 heteroatoms. The van der Waals surface area contributed by atoms with Gasteiger partial charge in [0.15, 0.2) is 0 Å². The summed E-state index contributed by atoms with van der Waals surface area (Å²) in [6, 6.07) is 6.57. The van der Waals surface area contributed by atoms with Gasteiger partial charge < -0.3 is 9.88 Å². The first-order chi connectivity index (χ1) is 12.8. The number of nitrogens with one attached hydrogen (secondary N) is 1. The fourth-order valence-corrected chi connectivity index (χ4v) is 3.30. The van der Waals surface area contributed by atoms with Gasteiger partial charge in [0.2, 0.25) is 0 Å². The van der Waals surface area contributed by atoms with Crippen LogP contribution >= 0.6 is 0 Å². The molecule has 3 heterocycles. The number of carbonyl (C=O) groups is 1. The maximum Gasteiger partial charge on any atom is 0.266 e. The van der Waals surface area contributed by atoms with Crippen LogP contribution in [0.25, 0.3) is 0 Å². The first-order valence-electron chi connectivity index (χ1n) is 9.31. The summed E-state index contributed by atoms with van der Waals surface area (Å²) in [4.78, 5) is 40.8. The van der Waals surface area contributed by atoms with Crippen molar-refractivity contribution in [1.82, 2.24) is 19.7 Å². The topological polar surface area (TPSA) is 88.1 Å². The molecule has 1 amide bonds. The minimum atomic E-state index is -0.362. The molecular formula is C20H26N4O3. The molecule has 3 rings (SSSR count). The van der Waals surface area contributed by atoms with Gasteiger partial charge >= 0.3 is 0 Å². The van der Waals surface area contributed by atoms with Crippen molar-refractivity contribution < 1.29 is 4.79 Å². The number of piperidine rings is 1. The van der Waals surface area contributed by atoms with Gasteiger partial charge in [0.05, 0.1) is 5.69 Å². The Hall–Kier alpha value is -2.70. The first-order valence-corrected chi connectivity index (χ1v) is 9.31. The summed E-state index contributed by atoms with van der Waals surface area (Å²) in [7, 11) is 0. The van der Waals surface area contributed by atoms with Gasteiger partial charge in [-0.3, -0.25) is 14.4 Å². The lowest BCUT2D eigenvalue weighted by Crippen LogP contribution is -2.42. The maximum atomic E-state index is 12.5. The zero-order valence-corrected chi connectivity index (χ0v) is 16.1. The highest BCUT2D eigenvalue weighted by molar-refractivity contribution is 5.93. The average Bonchev–Trinajstić information content (AvgIpc) is 2.63. The van der Waals surface area contributed by atoms with Gasteiger partial charge in [-0.15, -0.1) is 0 Å². The van der Waals surface area contributed by atoms with Gasteiger partial charge in [0.25, 0.3) is 17.0 Å². The van der Waals surface area contributed by atoms with E-state index in [1.165, 1.54) is 6.20 Å². The number of nitrogens with zero attached hydrogens (tertiary/aromatic N) is 3. The molecule has 7 nitrogen and oxygen atoms in total. The van der Waals surface area contributed by atoms with Gasteiger partial charge in [-0.1, -0.05) is 20.8 Å². The van der Waals surface area contributed by atoms with Crippen molar-refractivity contribution >= 4 is 5.91 Å². The monoisotopic (exact) mass is 370 g/mol. The van der Waals surface area contributed by atoms with Crippen LogP contribution in [0, 0.1) is 5.92 Å². The maximum absolute atomic E-state index is 12.5. The molecule has 0 radical (unpaired) electrons. The second-order valence-electron chi connectivity index (χ2n) is 8.14. The number of aromatic amines is 1. The second kappa shape index (κ2) is 7.50. The zero-order valence-electron chi connectivity index (χ0n) is 16.1. The molecule has 144 valence electrons. The highest BCUT2D eigenvalue weighted by atomic mass is 16.2. The standard InChI is InChI=1S/C20H26N4O3/c1-20(2,3)16-6-7-17(25)24(22-16)13-14-8-11-23(12-9-14)19(27)15-5-4-10-21-18(15)26/h4-7,10,14H,8-9,11-13H2,1-3H3,(H,21,26). The van der Waals surface area contributed by atoms with E-state index >= 15 is 0 Å². The van der Waals surface area contributed by atoms with Gasteiger partial charge in [-0.25, -0.2) is 4.68 Å². The van der Waals surface area contributed by atoms with Gasteiger partial charge in [-0.2, -0.15) is 5.10 Å². The largest absolute Gasteiger partial charge is 0.338 e. The molecule has 1 aliphatic rings. The van der Waals surface area contributed by atoms with Crippen LogP contribution in [0.2, 0.25) is 0 Å². The molecule has 0 aliphatic carbocycles. The third-order valence-electron chi connectivity index (χ3n) is 5.02. The summed E-state index contributed by atoms with van der Waals surface area (Å²) < 4.78 is 1.55. The van der Waals surface area contributed by atoms with Crippen molar-refractivity contribution in [3.63, 3.8) is 0 Å². The number of likely N-dealkylation sites (tertiary alicyclic amines) is 1. The van der Waals surface area contributed by atoms with E-state index in [1.807, 2.05) is 0 Å². The summed E-state index contributed by atoms with van der Waals surface area (Å²) in [5.74, 6) is 0.0452. The molecule has 0 aromatic carbocycles. The Bertz CT molecular complexity index is 931. The highest BCUT2D eigenvalue weighted by Crippen LogP contribution is 2.21. The molecule has 1 fully saturated rings. The number of carbonyl (C=O) groups excluding carboxylic acids is 1. The lowest BCUT2D eigenvalue weighted by Gasteiger charge is -2.32. The quantitative estimate of drug-likeness (QED) is 0.892. The molecule has 0 unspecified atom stereocenters. The number of rotatable bonds is 3. The number of pyridine rings is 1. The van der Waals surface area contributed by atoms with E-state index < -0.39 is 0 Å². The van der Waals surface area contributed by atoms with E-state index in [4.69, 9.17) is 0 Å². The predicted molar refractivity (Wildman–Crippen MR) is 103 cm³/mol. The molecule has 1 N–H and O–H groups in total. The fourth-order valence-electron chi connectivity index (χ4n) is 3.30. The van der Waals surface area contributed by atoms with Crippen LogP contribution < -0.4 is 11.1 Å². The van der Waals surface area contributed by atoms with E-state index in [-0.39, 0.29) is 33.9 Å². The van der Waals surface area contributed by atoms with Crippen LogP contribution in [-0.4, -0.2) is 38.7 Å². The fraction of sp³-hybridized carbons (Fsp3) is 0.500. The van der Waals surface area contributed by atoms with E-state index in [2.05, 4.69) is 30.9 Å². The minimum Gasteiger partial charge on any atom is -0.338 e. The third kappa shape index (κ3) is 4.35. The summed E-state index contributed by atoms with van der Waals surface area (Å²) in [5, 5.41) is 4.53. The molecular weight excluding hydrogens is 344 g/mol. The van der Waals surface area contributed by atoms with Crippen molar-refractivity contribution in [2.24, 2.45) is 5.92 Å². The lowest BCUT2D eigenvalue weighted by atomic mass is 9.92. The zero-order chi connectivity index (χ0) is 19.6. The summed E-state index contributed by atoms with van der Waals surface area (Å²) >= 11 is 0. The number of H-pyrrole nitrogens is 1. The summed E-state index contributed by atoms with van der Waals surface area (Å²) in [6.07, 6.45) is 3.08. The predicted octanol–water partition coefficient (Wildman–Crippen LogP) is 1.78. The Kier molecular flexibility index (Phi) is 5.30. The van der Waals surface area contributed by atoms with Crippen molar-refractivity contribution in [3.05, 3.63) is 62.4 Å². The number of hydrogen-bond acceptors (Lipinski definition) is 4. The Labute approximate surface area is 158 Å². The Morgan fingerprint density at radius 3 is 2.52 bits per heavy atom. The summed E-state index contributed by atoms with van der Waals surface area (Å²) in [5.41, 5.74) is 0.481. The average molecular weight is 370 g/mol. The van der Waals surface area contributed by atoms with Crippen molar-refractivity contribution in [2.75, 3.05) is 13.1 Å². The van der Waals surface area contributed by atoms with E-state index in [0.717, 1.165) is 18.5 Å². The molecule has 1 aliphatic heterocycles. The Morgan fingerprint density at radius 1 is 1.19 bits per heavy atom. The Balaban J connectivity index is 1.65. The van der Waals surface area contributed by atoms with Crippen molar-refractivity contribution in [1.29, 1.82) is 0 Å². The number of amides is 1. The van der Waals surface area contributed by atoms with Crippen LogP contribution in [0.15, 0.2) is 40.1 Å². The van der Waals surface area contributed by atoms with Crippen LogP contribution in [0.5, 0.6) is 0 Å². The van der Waals surface area contributed by atoms with E-state index in [9.17, 15) is 14.4 Å². The van der Waals surface area contributed by atoms with Gasteiger partial charge in [0.1, 0.15) is 5.56 Å². The number of hydrogen-bond donors (Lipinski definition) is 1.